The Morgan fingerprint density at radius 2 is 1.95 bits per heavy atom. The first-order chi connectivity index (χ1) is 10.5. The fourth-order valence-electron chi connectivity index (χ4n) is 2.17. The highest BCUT2D eigenvalue weighted by atomic mass is 16.5. The van der Waals surface area contributed by atoms with E-state index >= 15 is 0 Å². The largest absolute Gasteiger partial charge is 0.455 e. The number of carbonyl (C=O) groups is 3. The SMILES string of the molecule is Cc1ccc(NC(=O)NC(=O)COC(=O)C2CCC2)c(C)c1. The number of hydrogen-bond acceptors (Lipinski definition) is 4. The van der Waals surface area contributed by atoms with Crippen molar-refractivity contribution in [3.8, 4) is 0 Å². The molecular formula is C16H20N2O4. The molecule has 6 heteroatoms. The number of amides is 3. The Morgan fingerprint density at radius 3 is 2.55 bits per heavy atom. The summed E-state index contributed by atoms with van der Waals surface area (Å²) in [4.78, 5) is 34.8. The van der Waals surface area contributed by atoms with Crippen molar-refractivity contribution in [3.05, 3.63) is 29.3 Å². The molecule has 2 rings (SSSR count). The summed E-state index contributed by atoms with van der Waals surface area (Å²) in [6.07, 6.45) is 2.64. The fourth-order valence-corrected chi connectivity index (χ4v) is 2.17. The zero-order valence-electron chi connectivity index (χ0n) is 12.8. The monoisotopic (exact) mass is 304 g/mol. The van der Waals surface area contributed by atoms with E-state index in [0.717, 1.165) is 30.4 Å². The van der Waals surface area contributed by atoms with Gasteiger partial charge in [0.25, 0.3) is 5.91 Å². The lowest BCUT2D eigenvalue weighted by atomic mass is 9.86. The van der Waals surface area contributed by atoms with Crippen molar-refractivity contribution in [1.29, 1.82) is 0 Å². The molecule has 3 amide bonds. The van der Waals surface area contributed by atoms with E-state index in [9.17, 15) is 14.4 Å². The summed E-state index contributed by atoms with van der Waals surface area (Å²) in [5.74, 6) is -1.09. The van der Waals surface area contributed by atoms with Gasteiger partial charge in [-0.2, -0.15) is 0 Å². The van der Waals surface area contributed by atoms with Crippen LogP contribution in [0.15, 0.2) is 18.2 Å². The molecule has 118 valence electrons. The molecule has 0 radical (unpaired) electrons. The van der Waals surface area contributed by atoms with Gasteiger partial charge < -0.3 is 10.1 Å². The van der Waals surface area contributed by atoms with Gasteiger partial charge in [0, 0.05) is 5.69 Å². The third-order valence-corrected chi connectivity index (χ3v) is 3.67. The van der Waals surface area contributed by atoms with Crippen molar-refractivity contribution >= 4 is 23.6 Å². The summed E-state index contributed by atoms with van der Waals surface area (Å²) in [7, 11) is 0. The molecule has 0 aliphatic heterocycles. The summed E-state index contributed by atoms with van der Waals surface area (Å²) >= 11 is 0. The van der Waals surface area contributed by atoms with Crippen LogP contribution in [0.2, 0.25) is 0 Å². The molecule has 0 bridgehead atoms. The van der Waals surface area contributed by atoms with E-state index in [1.165, 1.54) is 0 Å². The molecule has 1 fully saturated rings. The molecule has 0 heterocycles. The molecule has 0 aromatic heterocycles. The molecule has 0 spiro atoms. The van der Waals surface area contributed by atoms with E-state index < -0.39 is 18.5 Å². The molecule has 22 heavy (non-hydrogen) atoms. The van der Waals surface area contributed by atoms with E-state index in [1.54, 1.807) is 6.07 Å². The maximum Gasteiger partial charge on any atom is 0.325 e. The summed E-state index contributed by atoms with van der Waals surface area (Å²) in [6, 6.07) is 4.92. The van der Waals surface area contributed by atoms with Crippen LogP contribution in [-0.2, 0) is 14.3 Å². The second-order valence-electron chi connectivity index (χ2n) is 5.56. The van der Waals surface area contributed by atoms with Crippen LogP contribution >= 0.6 is 0 Å². The van der Waals surface area contributed by atoms with E-state index in [-0.39, 0.29) is 11.9 Å². The number of imide groups is 1. The Bertz CT molecular complexity index is 594. The first-order valence-electron chi connectivity index (χ1n) is 7.30. The van der Waals surface area contributed by atoms with Crippen molar-refractivity contribution in [2.24, 2.45) is 5.92 Å². The van der Waals surface area contributed by atoms with Crippen LogP contribution < -0.4 is 10.6 Å². The highest BCUT2D eigenvalue weighted by Crippen LogP contribution is 2.27. The van der Waals surface area contributed by atoms with E-state index in [1.807, 2.05) is 26.0 Å². The predicted molar refractivity (Wildman–Crippen MR) is 81.4 cm³/mol. The molecule has 1 aliphatic carbocycles. The van der Waals surface area contributed by atoms with Crippen LogP contribution in [0.5, 0.6) is 0 Å². The van der Waals surface area contributed by atoms with Gasteiger partial charge in [-0.1, -0.05) is 24.1 Å². The minimum absolute atomic E-state index is 0.0863. The standard InChI is InChI=1S/C16H20N2O4/c1-10-6-7-13(11(2)8-10)17-16(21)18-14(19)9-22-15(20)12-4-3-5-12/h6-8,12H,3-5,9H2,1-2H3,(H2,17,18,19,21). The summed E-state index contributed by atoms with van der Waals surface area (Å²) in [5.41, 5.74) is 2.61. The molecular weight excluding hydrogens is 284 g/mol. The minimum atomic E-state index is -0.644. The van der Waals surface area contributed by atoms with E-state index in [2.05, 4.69) is 10.6 Å². The Balaban J connectivity index is 1.76. The van der Waals surface area contributed by atoms with Crippen molar-refractivity contribution < 1.29 is 19.1 Å². The van der Waals surface area contributed by atoms with Crippen molar-refractivity contribution in [3.63, 3.8) is 0 Å². The van der Waals surface area contributed by atoms with Gasteiger partial charge in [0.05, 0.1) is 5.92 Å². The second kappa shape index (κ2) is 7.06. The second-order valence-corrected chi connectivity index (χ2v) is 5.56. The molecule has 2 N–H and O–H groups in total. The first-order valence-corrected chi connectivity index (χ1v) is 7.30. The normalized spacial score (nSPS) is 13.9. The molecule has 6 nitrogen and oxygen atoms in total. The quantitative estimate of drug-likeness (QED) is 0.836. The number of hydrogen-bond donors (Lipinski definition) is 2. The molecule has 0 unspecified atom stereocenters. The van der Waals surface area contributed by atoms with Crippen LogP contribution in [0.4, 0.5) is 10.5 Å². The molecule has 1 aliphatic rings. The molecule has 0 saturated heterocycles. The van der Waals surface area contributed by atoms with Crippen LogP contribution in [0.1, 0.15) is 30.4 Å². The smallest absolute Gasteiger partial charge is 0.325 e. The molecule has 1 saturated carbocycles. The fraction of sp³-hybridized carbons (Fsp3) is 0.438. The van der Waals surface area contributed by atoms with E-state index in [0.29, 0.717) is 5.69 Å². The number of carbonyl (C=O) groups excluding carboxylic acids is 3. The number of anilines is 1. The highest BCUT2D eigenvalue weighted by molar-refractivity contribution is 6.02. The topological polar surface area (TPSA) is 84.5 Å². The van der Waals surface area contributed by atoms with Crippen LogP contribution in [0.3, 0.4) is 0 Å². The number of rotatable bonds is 4. The van der Waals surface area contributed by atoms with Gasteiger partial charge in [0.2, 0.25) is 0 Å². The van der Waals surface area contributed by atoms with Gasteiger partial charge in [-0.15, -0.1) is 0 Å². The number of benzene rings is 1. The summed E-state index contributed by atoms with van der Waals surface area (Å²) in [5, 5.41) is 4.72. The Kier molecular flexibility index (Phi) is 5.14. The Morgan fingerprint density at radius 1 is 1.23 bits per heavy atom. The molecule has 1 aromatic rings. The van der Waals surface area contributed by atoms with Crippen molar-refractivity contribution in [2.75, 3.05) is 11.9 Å². The van der Waals surface area contributed by atoms with Crippen molar-refractivity contribution in [1.82, 2.24) is 5.32 Å². The number of aryl methyl sites for hydroxylation is 2. The zero-order valence-corrected chi connectivity index (χ0v) is 12.8. The maximum absolute atomic E-state index is 11.7. The minimum Gasteiger partial charge on any atom is -0.455 e. The van der Waals surface area contributed by atoms with Crippen LogP contribution in [0.25, 0.3) is 0 Å². The zero-order chi connectivity index (χ0) is 16.1. The average molecular weight is 304 g/mol. The highest BCUT2D eigenvalue weighted by Gasteiger charge is 2.27. The first kappa shape index (κ1) is 16.0. The lowest BCUT2D eigenvalue weighted by Crippen LogP contribution is -2.38. The third-order valence-electron chi connectivity index (χ3n) is 3.67. The van der Waals surface area contributed by atoms with Gasteiger partial charge in [0.1, 0.15) is 0 Å². The predicted octanol–water partition coefficient (Wildman–Crippen LogP) is 2.29. The van der Waals surface area contributed by atoms with Crippen molar-refractivity contribution in [2.45, 2.75) is 33.1 Å². The maximum atomic E-state index is 11.7. The number of nitrogens with one attached hydrogen (secondary N) is 2. The lowest BCUT2D eigenvalue weighted by molar-refractivity contribution is -0.154. The molecule has 1 aromatic carbocycles. The number of esters is 1. The van der Waals surface area contributed by atoms with Crippen LogP contribution in [-0.4, -0.2) is 24.5 Å². The molecule has 0 atom stereocenters. The summed E-state index contributed by atoms with van der Waals surface area (Å²) < 4.78 is 4.87. The Labute approximate surface area is 129 Å². The number of urea groups is 1. The van der Waals surface area contributed by atoms with Gasteiger partial charge in [-0.3, -0.25) is 14.9 Å². The van der Waals surface area contributed by atoms with E-state index in [4.69, 9.17) is 4.74 Å². The Hall–Kier alpha value is -2.37. The van der Waals surface area contributed by atoms with Gasteiger partial charge >= 0.3 is 12.0 Å². The van der Waals surface area contributed by atoms with Gasteiger partial charge in [-0.05, 0) is 38.3 Å². The van der Waals surface area contributed by atoms with Crippen LogP contribution in [0, 0.1) is 19.8 Å². The van der Waals surface area contributed by atoms with Gasteiger partial charge in [0.15, 0.2) is 6.61 Å². The average Bonchev–Trinajstić information content (AvgIpc) is 2.37. The third kappa shape index (κ3) is 4.31. The van der Waals surface area contributed by atoms with Gasteiger partial charge in [-0.25, -0.2) is 4.79 Å². The summed E-state index contributed by atoms with van der Waals surface area (Å²) in [6.45, 7) is 3.39. The lowest BCUT2D eigenvalue weighted by Gasteiger charge is -2.22. The number of ether oxygens (including phenoxy) is 1.